The van der Waals surface area contributed by atoms with Gasteiger partial charge in [-0.1, -0.05) is 23.4 Å². The van der Waals surface area contributed by atoms with Crippen molar-refractivity contribution in [2.45, 2.75) is 27.7 Å². The first-order valence-corrected chi connectivity index (χ1v) is 10.2. The van der Waals surface area contributed by atoms with Gasteiger partial charge in [-0.15, -0.1) is 0 Å². The molecule has 0 saturated carbocycles. The first-order chi connectivity index (χ1) is 14.3. The van der Waals surface area contributed by atoms with Crippen LogP contribution in [0.3, 0.4) is 0 Å². The molecule has 30 heavy (non-hydrogen) atoms. The van der Waals surface area contributed by atoms with E-state index < -0.39 is 0 Å². The molecule has 152 valence electrons. The molecule has 8 heteroatoms. The molecule has 2 aromatic heterocycles. The van der Waals surface area contributed by atoms with Crippen LogP contribution < -0.4 is 5.32 Å². The number of hydrogen-bond donors (Lipinski definition) is 1. The lowest BCUT2D eigenvalue weighted by molar-refractivity contribution is 0.102. The molecule has 0 atom stereocenters. The molecule has 0 aliphatic carbocycles. The minimum Gasteiger partial charge on any atom is -0.339 e. The molecule has 4 aromatic rings. The zero-order valence-corrected chi connectivity index (χ0v) is 18.6. The molecule has 4 rings (SSSR count). The van der Waals surface area contributed by atoms with Gasteiger partial charge >= 0.3 is 0 Å². The highest BCUT2D eigenvalue weighted by Crippen LogP contribution is 2.26. The van der Waals surface area contributed by atoms with E-state index >= 15 is 0 Å². The highest BCUT2D eigenvalue weighted by molar-refractivity contribution is 9.10. The van der Waals surface area contributed by atoms with Crippen LogP contribution in [0.1, 0.15) is 33.1 Å². The van der Waals surface area contributed by atoms with Crippen molar-refractivity contribution in [3.8, 4) is 17.1 Å². The summed E-state index contributed by atoms with van der Waals surface area (Å²) < 4.78 is 7.62. The van der Waals surface area contributed by atoms with Crippen LogP contribution in [0.15, 0.2) is 51.6 Å². The van der Waals surface area contributed by atoms with Gasteiger partial charge in [0.05, 0.1) is 22.6 Å². The van der Waals surface area contributed by atoms with E-state index in [1.54, 1.807) is 17.8 Å². The highest BCUT2D eigenvalue weighted by atomic mass is 79.9. The molecule has 0 radical (unpaired) electrons. The summed E-state index contributed by atoms with van der Waals surface area (Å²) in [5.74, 6) is 0.800. The number of hydrogen-bond acceptors (Lipinski definition) is 5. The lowest BCUT2D eigenvalue weighted by Gasteiger charge is -2.08. The van der Waals surface area contributed by atoms with Crippen LogP contribution >= 0.6 is 15.9 Å². The Hall–Kier alpha value is -3.26. The lowest BCUT2D eigenvalue weighted by atomic mass is 10.1. The Morgan fingerprint density at radius 3 is 2.60 bits per heavy atom. The topological polar surface area (TPSA) is 85.8 Å². The van der Waals surface area contributed by atoms with Gasteiger partial charge in [0.15, 0.2) is 0 Å². The summed E-state index contributed by atoms with van der Waals surface area (Å²) >= 11 is 3.49. The van der Waals surface area contributed by atoms with Gasteiger partial charge in [-0.2, -0.15) is 10.1 Å². The second-order valence-corrected chi connectivity index (χ2v) is 8.00. The number of benzene rings is 2. The fourth-order valence-corrected chi connectivity index (χ4v) is 3.72. The summed E-state index contributed by atoms with van der Waals surface area (Å²) in [6, 6.07) is 11.6. The zero-order valence-electron chi connectivity index (χ0n) is 17.0. The molecule has 0 aliphatic rings. The van der Waals surface area contributed by atoms with Crippen molar-refractivity contribution in [2.24, 2.45) is 0 Å². The van der Waals surface area contributed by atoms with Crippen LogP contribution in [0.2, 0.25) is 0 Å². The van der Waals surface area contributed by atoms with Crippen molar-refractivity contribution in [3.05, 3.63) is 75.3 Å². The van der Waals surface area contributed by atoms with Crippen molar-refractivity contribution in [1.82, 2.24) is 19.9 Å². The van der Waals surface area contributed by atoms with Crippen molar-refractivity contribution >= 4 is 27.5 Å². The number of nitrogens with zero attached hydrogens (tertiary/aromatic N) is 4. The maximum atomic E-state index is 12.9. The van der Waals surface area contributed by atoms with Crippen LogP contribution in [0, 0.1) is 27.7 Å². The first kappa shape index (κ1) is 20.0. The van der Waals surface area contributed by atoms with E-state index in [0.29, 0.717) is 28.7 Å². The molecule has 0 aliphatic heterocycles. The number of nitrogens with one attached hydrogen (secondary N) is 1. The van der Waals surface area contributed by atoms with Crippen LogP contribution in [0.4, 0.5) is 5.69 Å². The minimum atomic E-state index is -0.217. The van der Waals surface area contributed by atoms with Gasteiger partial charge in [0.1, 0.15) is 0 Å². The Morgan fingerprint density at radius 1 is 1.10 bits per heavy atom. The van der Waals surface area contributed by atoms with Crippen LogP contribution in [-0.4, -0.2) is 25.8 Å². The second kappa shape index (κ2) is 7.87. The van der Waals surface area contributed by atoms with Gasteiger partial charge in [0.25, 0.3) is 5.91 Å². The van der Waals surface area contributed by atoms with Crippen LogP contribution in [0.5, 0.6) is 0 Å². The number of anilines is 1. The Balaban J connectivity index is 1.66. The summed E-state index contributed by atoms with van der Waals surface area (Å²) in [6.07, 6.45) is 1.74. The maximum absolute atomic E-state index is 12.9. The van der Waals surface area contributed by atoms with Gasteiger partial charge in [-0.05, 0) is 66.0 Å². The summed E-state index contributed by atoms with van der Waals surface area (Å²) in [7, 11) is 0. The quantitative estimate of drug-likeness (QED) is 0.449. The zero-order chi connectivity index (χ0) is 21.4. The monoisotopic (exact) mass is 465 g/mol. The van der Waals surface area contributed by atoms with E-state index in [1.807, 2.05) is 57.2 Å². The molecular formula is C22H20BrN5O2. The Morgan fingerprint density at radius 2 is 1.90 bits per heavy atom. The third kappa shape index (κ3) is 3.91. The molecule has 1 amide bonds. The summed E-state index contributed by atoms with van der Waals surface area (Å²) in [5, 5.41) is 11.5. The number of carbonyl (C=O) groups excluding carboxylic acids is 1. The van der Waals surface area contributed by atoms with Gasteiger partial charge in [0.2, 0.25) is 11.7 Å². The van der Waals surface area contributed by atoms with Crippen molar-refractivity contribution < 1.29 is 9.32 Å². The summed E-state index contributed by atoms with van der Waals surface area (Å²) in [6.45, 7) is 7.55. The molecule has 1 N–H and O–H groups in total. The number of rotatable bonds is 4. The van der Waals surface area contributed by atoms with Gasteiger partial charge in [-0.25, -0.2) is 4.68 Å². The Bertz CT molecular complexity index is 1260. The van der Waals surface area contributed by atoms with Gasteiger partial charge in [0, 0.05) is 23.2 Å². The molecular weight excluding hydrogens is 446 g/mol. The van der Waals surface area contributed by atoms with E-state index in [9.17, 15) is 4.79 Å². The smallest absolute Gasteiger partial charge is 0.259 e. The van der Waals surface area contributed by atoms with Gasteiger partial charge in [-0.3, -0.25) is 4.79 Å². The third-order valence-electron chi connectivity index (χ3n) is 4.76. The molecule has 2 heterocycles. The predicted octanol–water partition coefficient (Wildman–Crippen LogP) is 5.17. The molecule has 2 aromatic carbocycles. The van der Waals surface area contributed by atoms with Crippen LogP contribution in [-0.2, 0) is 0 Å². The molecule has 0 fully saturated rings. The predicted molar refractivity (Wildman–Crippen MR) is 118 cm³/mol. The van der Waals surface area contributed by atoms with E-state index in [1.165, 1.54) is 0 Å². The number of aromatic nitrogens is 4. The van der Waals surface area contributed by atoms with Crippen molar-refractivity contribution in [3.63, 3.8) is 0 Å². The Kier molecular flexibility index (Phi) is 5.26. The summed E-state index contributed by atoms with van der Waals surface area (Å²) in [5.41, 5.74) is 5.62. The van der Waals surface area contributed by atoms with Gasteiger partial charge < -0.3 is 9.84 Å². The number of carbonyl (C=O) groups is 1. The fourth-order valence-electron chi connectivity index (χ4n) is 3.13. The molecule has 0 saturated heterocycles. The molecule has 0 spiro atoms. The van der Waals surface area contributed by atoms with E-state index in [2.05, 4.69) is 36.5 Å². The number of aryl methyl sites for hydroxylation is 4. The first-order valence-electron chi connectivity index (χ1n) is 9.37. The SMILES string of the molecule is Cc1ccc(NC(=O)c2cn(-c3cc(-c4noc(C)n4)ccc3C)nc2C)c(Br)c1. The van der Waals surface area contributed by atoms with E-state index in [4.69, 9.17) is 4.52 Å². The standard InChI is InChI=1S/C22H20BrN5O2/c1-12-5-8-19(18(23)9-12)25-22(29)17-11-28(26-14(17)3)20-10-16(7-6-13(20)2)21-24-15(4)30-27-21/h5-11H,1-4H3,(H,25,29). The van der Waals surface area contributed by atoms with Crippen molar-refractivity contribution in [1.29, 1.82) is 0 Å². The largest absolute Gasteiger partial charge is 0.339 e. The van der Waals surface area contributed by atoms with E-state index in [0.717, 1.165) is 26.9 Å². The summed E-state index contributed by atoms with van der Waals surface area (Å²) in [4.78, 5) is 17.2. The molecule has 0 unspecified atom stereocenters. The third-order valence-corrected chi connectivity index (χ3v) is 5.41. The van der Waals surface area contributed by atoms with Crippen molar-refractivity contribution in [2.75, 3.05) is 5.32 Å². The second-order valence-electron chi connectivity index (χ2n) is 7.15. The molecule has 7 nitrogen and oxygen atoms in total. The average Bonchev–Trinajstić information content (AvgIpc) is 3.30. The lowest BCUT2D eigenvalue weighted by Crippen LogP contribution is -2.12. The molecule has 0 bridgehead atoms. The normalized spacial score (nSPS) is 11.0. The Labute approximate surface area is 182 Å². The number of halogens is 1. The van der Waals surface area contributed by atoms with Crippen LogP contribution in [0.25, 0.3) is 17.1 Å². The average molecular weight is 466 g/mol. The number of amides is 1. The maximum Gasteiger partial charge on any atom is 0.259 e. The fraction of sp³-hybridized carbons (Fsp3) is 0.182. The highest BCUT2D eigenvalue weighted by Gasteiger charge is 2.17. The minimum absolute atomic E-state index is 0.217. The van der Waals surface area contributed by atoms with E-state index in [-0.39, 0.29) is 5.91 Å².